The smallest absolute Gasteiger partial charge is 0.254 e. The average molecular weight is 300 g/mol. The number of hydrogen-bond acceptors (Lipinski definition) is 6. The number of rotatable bonds is 6. The van der Waals surface area contributed by atoms with Gasteiger partial charge in [-0.05, 0) is 19.1 Å². The predicted molar refractivity (Wildman–Crippen MR) is 78.5 cm³/mol. The first-order valence-corrected chi connectivity index (χ1v) is 6.91. The lowest BCUT2D eigenvalue weighted by molar-refractivity contribution is 0.264. The van der Waals surface area contributed by atoms with E-state index in [-0.39, 0.29) is 6.61 Å². The van der Waals surface area contributed by atoms with Gasteiger partial charge in [0.2, 0.25) is 0 Å². The molecule has 0 aliphatic heterocycles. The lowest BCUT2D eigenvalue weighted by Crippen LogP contribution is -1.95. The summed E-state index contributed by atoms with van der Waals surface area (Å²) < 4.78 is 18.2. The Kier molecular flexibility index (Phi) is 4.04. The Labute approximate surface area is 127 Å². The van der Waals surface area contributed by atoms with Crippen molar-refractivity contribution in [2.75, 3.05) is 7.11 Å². The van der Waals surface area contributed by atoms with Crippen LogP contribution in [0.4, 0.5) is 0 Å². The number of aromatic nitrogens is 4. The Balaban J connectivity index is 1.71. The van der Waals surface area contributed by atoms with Crippen molar-refractivity contribution in [2.24, 2.45) is 0 Å². The molecule has 0 saturated heterocycles. The molecule has 0 amide bonds. The van der Waals surface area contributed by atoms with Crippen LogP contribution < -0.4 is 9.47 Å². The molecule has 0 atom stereocenters. The van der Waals surface area contributed by atoms with Crippen molar-refractivity contribution in [3.63, 3.8) is 0 Å². The van der Waals surface area contributed by atoms with Gasteiger partial charge >= 0.3 is 0 Å². The molecule has 7 heteroatoms. The van der Waals surface area contributed by atoms with Crippen LogP contribution in [-0.2, 0) is 13.2 Å². The Morgan fingerprint density at radius 1 is 1.23 bits per heavy atom. The zero-order chi connectivity index (χ0) is 15.4. The lowest BCUT2D eigenvalue weighted by Gasteiger charge is -2.03. The first kappa shape index (κ1) is 14.1. The van der Waals surface area contributed by atoms with E-state index >= 15 is 0 Å². The third-order valence-electron chi connectivity index (χ3n) is 3.10. The van der Waals surface area contributed by atoms with Gasteiger partial charge in [0.15, 0.2) is 12.4 Å². The van der Waals surface area contributed by atoms with Gasteiger partial charge < -0.3 is 13.9 Å². The molecule has 1 aromatic carbocycles. The summed E-state index contributed by atoms with van der Waals surface area (Å²) in [4.78, 5) is 0. The van der Waals surface area contributed by atoms with Gasteiger partial charge in [-0.2, -0.15) is 5.10 Å². The fourth-order valence-corrected chi connectivity index (χ4v) is 1.98. The van der Waals surface area contributed by atoms with Gasteiger partial charge in [0.05, 0.1) is 25.1 Å². The molecule has 22 heavy (non-hydrogen) atoms. The van der Waals surface area contributed by atoms with Crippen molar-refractivity contribution in [3.8, 4) is 23.0 Å². The molecule has 0 fully saturated rings. The predicted octanol–water partition coefficient (Wildman–Crippen LogP) is 2.54. The minimum Gasteiger partial charge on any atom is -0.496 e. The Hall–Kier alpha value is -2.83. The van der Waals surface area contributed by atoms with E-state index in [1.165, 1.54) is 0 Å². The maximum Gasteiger partial charge on any atom is 0.254 e. The monoisotopic (exact) mass is 300 g/mol. The molecular formula is C15H16N4O3. The maximum atomic E-state index is 5.61. The molecule has 0 spiro atoms. The first-order chi connectivity index (χ1) is 10.8. The molecule has 0 aliphatic carbocycles. The van der Waals surface area contributed by atoms with Crippen molar-refractivity contribution in [3.05, 3.63) is 42.5 Å². The molecule has 0 bridgehead atoms. The summed E-state index contributed by atoms with van der Waals surface area (Å²) in [5.74, 6) is 2.15. The SMILES string of the molecule is CCn1cc(OCc2nnc(-c3ccccc3OC)o2)cn1. The molecule has 0 unspecified atom stereocenters. The van der Waals surface area contributed by atoms with E-state index in [4.69, 9.17) is 13.9 Å². The lowest BCUT2D eigenvalue weighted by atomic mass is 10.2. The molecule has 0 N–H and O–H groups in total. The van der Waals surface area contributed by atoms with Gasteiger partial charge in [-0.3, -0.25) is 4.68 Å². The van der Waals surface area contributed by atoms with Gasteiger partial charge in [-0.15, -0.1) is 10.2 Å². The summed E-state index contributed by atoms with van der Waals surface area (Å²) in [5, 5.41) is 12.1. The van der Waals surface area contributed by atoms with Crippen LogP contribution in [0.1, 0.15) is 12.8 Å². The summed E-state index contributed by atoms with van der Waals surface area (Å²) in [6, 6.07) is 7.47. The largest absolute Gasteiger partial charge is 0.496 e. The second-order valence-electron chi connectivity index (χ2n) is 4.52. The zero-order valence-electron chi connectivity index (χ0n) is 12.4. The number of nitrogens with zero attached hydrogens (tertiary/aromatic N) is 4. The Bertz CT molecular complexity index is 751. The average Bonchev–Trinajstić information content (AvgIpc) is 3.22. The number of para-hydroxylation sites is 1. The number of hydrogen-bond donors (Lipinski definition) is 0. The van der Waals surface area contributed by atoms with Crippen LogP contribution in [0, 0.1) is 0 Å². The van der Waals surface area contributed by atoms with Crippen LogP contribution >= 0.6 is 0 Å². The molecule has 3 aromatic rings. The number of ether oxygens (including phenoxy) is 2. The van der Waals surface area contributed by atoms with E-state index in [9.17, 15) is 0 Å². The number of benzene rings is 1. The summed E-state index contributed by atoms with van der Waals surface area (Å²) in [6.45, 7) is 2.99. The zero-order valence-corrected chi connectivity index (χ0v) is 12.4. The maximum absolute atomic E-state index is 5.61. The molecule has 0 aliphatic rings. The first-order valence-electron chi connectivity index (χ1n) is 6.91. The highest BCUT2D eigenvalue weighted by atomic mass is 16.5. The minimum absolute atomic E-state index is 0.192. The molecule has 0 radical (unpaired) electrons. The topological polar surface area (TPSA) is 75.2 Å². The van der Waals surface area contributed by atoms with Crippen molar-refractivity contribution in [1.29, 1.82) is 0 Å². The highest BCUT2D eigenvalue weighted by molar-refractivity contribution is 5.62. The van der Waals surface area contributed by atoms with E-state index in [0.717, 1.165) is 12.1 Å². The Morgan fingerprint density at radius 2 is 2.09 bits per heavy atom. The van der Waals surface area contributed by atoms with Crippen LogP contribution in [0.5, 0.6) is 11.5 Å². The van der Waals surface area contributed by atoms with Gasteiger partial charge in [0.25, 0.3) is 11.8 Å². The van der Waals surface area contributed by atoms with Crippen molar-refractivity contribution < 1.29 is 13.9 Å². The van der Waals surface area contributed by atoms with Crippen LogP contribution in [0.3, 0.4) is 0 Å². The fraction of sp³-hybridized carbons (Fsp3) is 0.267. The molecule has 7 nitrogen and oxygen atoms in total. The van der Waals surface area contributed by atoms with E-state index in [0.29, 0.717) is 23.3 Å². The van der Waals surface area contributed by atoms with E-state index in [1.807, 2.05) is 37.4 Å². The normalized spacial score (nSPS) is 10.6. The van der Waals surface area contributed by atoms with E-state index in [2.05, 4.69) is 15.3 Å². The third-order valence-corrected chi connectivity index (χ3v) is 3.10. The summed E-state index contributed by atoms with van der Waals surface area (Å²) in [7, 11) is 1.60. The van der Waals surface area contributed by atoms with Crippen LogP contribution in [0.2, 0.25) is 0 Å². The minimum atomic E-state index is 0.192. The van der Waals surface area contributed by atoms with Crippen LogP contribution in [-0.4, -0.2) is 27.1 Å². The summed E-state index contributed by atoms with van der Waals surface area (Å²) in [6.07, 6.45) is 3.47. The molecular weight excluding hydrogens is 284 g/mol. The van der Waals surface area contributed by atoms with Crippen molar-refractivity contribution in [2.45, 2.75) is 20.1 Å². The van der Waals surface area contributed by atoms with Gasteiger partial charge in [0.1, 0.15) is 5.75 Å². The third kappa shape index (κ3) is 2.93. The fourth-order valence-electron chi connectivity index (χ4n) is 1.98. The van der Waals surface area contributed by atoms with Crippen molar-refractivity contribution >= 4 is 0 Å². The van der Waals surface area contributed by atoms with Gasteiger partial charge in [0, 0.05) is 6.54 Å². The van der Waals surface area contributed by atoms with Crippen molar-refractivity contribution in [1.82, 2.24) is 20.0 Å². The molecule has 2 aromatic heterocycles. The second-order valence-corrected chi connectivity index (χ2v) is 4.52. The second kappa shape index (κ2) is 6.30. The highest BCUT2D eigenvalue weighted by Gasteiger charge is 2.13. The van der Waals surface area contributed by atoms with E-state index in [1.54, 1.807) is 18.0 Å². The van der Waals surface area contributed by atoms with Gasteiger partial charge in [-0.1, -0.05) is 12.1 Å². The number of aryl methyl sites for hydroxylation is 1. The molecule has 3 rings (SSSR count). The molecule has 114 valence electrons. The summed E-state index contributed by atoms with van der Waals surface area (Å²) >= 11 is 0. The van der Waals surface area contributed by atoms with E-state index < -0.39 is 0 Å². The molecule has 0 saturated carbocycles. The standard InChI is InChI=1S/C15H16N4O3/c1-3-19-9-11(8-16-19)21-10-14-17-18-15(22-14)12-6-4-5-7-13(12)20-2/h4-9H,3,10H2,1-2H3. The molecule has 2 heterocycles. The van der Waals surface area contributed by atoms with Crippen LogP contribution in [0.25, 0.3) is 11.5 Å². The highest BCUT2D eigenvalue weighted by Crippen LogP contribution is 2.28. The Morgan fingerprint density at radius 3 is 2.86 bits per heavy atom. The number of methoxy groups -OCH3 is 1. The van der Waals surface area contributed by atoms with Gasteiger partial charge in [-0.25, -0.2) is 0 Å². The summed E-state index contributed by atoms with van der Waals surface area (Å²) in [5.41, 5.74) is 0.752. The van der Waals surface area contributed by atoms with Crippen LogP contribution in [0.15, 0.2) is 41.1 Å². The quantitative estimate of drug-likeness (QED) is 0.696.